The number of H-pyrrole nitrogens is 1. The number of aromatic amines is 1. The molecule has 2 heterocycles. The molecule has 1 N–H and O–H groups in total. The zero-order valence-corrected chi connectivity index (χ0v) is 9.81. The molecule has 0 saturated carbocycles. The van der Waals surface area contributed by atoms with E-state index in [9.17, 15) is 9.59 Å². The Morgan fingerprint density at radius 3 is 2.88 bits per heavy atom. The van der Waals surface area contributed by atoms with Crippen LogP contribution in [0, 0.1) is 0 Å². The third-order valence-corrected chi connectivity index (χ3v) is 2.53. The van der Waals surface area contributed by atoms with E-state index in [1.807, 2.05) is 6.92 Å². The third-order valence-electron chi connectivity index (χ3n) is 2.32. The lowest BCUT2D eigenvalue weighted by Crippen LogP contribution is -2.35. The standard InChI is InChI=1S/C9H10ClN5O2/c1-2-14-5-11-13-7(14)4-15-8(16)3-6(10)12-9(15)17/h3,5H,2,4H2,1H3,(H,12,17). The van der Waals surface area contributed by atoms with Gasteiger partial charge in [0.1, 0.15) is 11.5 Å². The van der Waals surface area contributed by atoms with E-state index in [1.165, 1.54) is 0 Å². The quantitative estimate of drug-likeness (QED) is 0.773. The maximum absolute atomic E-state index is 11.6. The van der Waals surface area contributed by atoms with Crippen LogP contribution >= 0.6 is 11.6 Å². The summed E-state index contributed by atoms with van der Waals surface area (Å²) in [5.74, 6) is 0.544. The predicted molar refractivity (Wildman–Crippen MR) is 61.1 cm³/mol. The summed E-state index contributed by atoms with van der Waals surface area (Å²) >= 11 is 5.56. The van der Waals surface area contributed by atoms with E-state index in [-0.39, 0.29) is 11.7 Å². The maximum Gasteiger partial charge on any atom is 0.329 e. The van der Waals surface area contributed by atoms with Gasteiger partial charge in [0.2, 0.25) is 0 Å². The summed E-state index contributed by atoms with van der Waals surface area (Å²) in [6.45, 7) is 2.66. The number of halogens is 1. The molecule has 0 amide bonds. The maximum atomic E-state index is 11.6. The van der Waals surface area contributed by atoms with Crippen LogP contribution in [0.25, 0.3) is 0 Å². The molecule has 0 radical (unpaired) electrons. The number of nitrogens with one attached hydrogen (secondary N) is 1. The fourth-order valence-electron chi connectivity index (χ4n) is 1.45. The first-order valence-corrected chi connectivity index (χ1v) is 5.36. The second-order valence-electron chi connectivity index (χ2n) is 3.38. The summed E-state index contributed by atoms with van der Waals surface area (Å²) in [4.78, 5) is 25.5. The Bertz CT molecular complexity index is 610. The van der Waals surface area contributed by atoms with E-state index in [1.54, 1.807) is 10.9 Å². The summed E-state index contributed by atoms with van der Waals surface area (Å²) in [5.41, 5.74) is -1.03. The first kappa shape index (κ1) is 11.6. The number of hydrogen-bond donors (Lipinski definition) is 1. The lowest BCUT2D eigenvalue weighted by Gasteiger charge is -2.05. The van der Waals surface area contributed by atoms with Crippen LogP contribution in [-0.2, 0) is 13.1 Å². The minimum atomic E-state index is -0.562. The van der Waals surface area contributed by atoms with E-state index < -0.39 is 11.2 Å². The van der Waals surface area contributed by atoms with E-state index >= 15 is 0 Å². The van der Waals surface area contributed by atoms with Crippen LogP contribution in [0.3, 0.4) is 0 Å². The van der Waals surface area contributed by atoms with E-state index in [2.05, 4.69) is 15.2 Å². The number of nitrogens with zero attached hydrogens (tertiary/aromatic N) is 4. The number of rotatable bonds is 3. The van der Waals surface area contributed by atoms with Gasteiger partial charge in [-0.15, -0.1) is 10.2 Å². The highest BCUT2D eigenvalue weighted by molar-refractivity contribution is 6.29. The molecule has 2 aromatic heterocycles. The first-order valence-electron chi connectivity index (χ1n) is 4.98. The monoisotopic (exact) mass is 255 g/mol. The van der Waals surface area contributed by atoms with Crippen LogP contribution in [0.5, 0.6) is 0 Å². The summed E-state index contributed by atoms with van der Waals surface area (Å²) in [6, 6.07) is 1.15. The molecular formula is C9H10ClN5O2. The Kier molecular flexibility index (Phi) is 3.10. The van der Waals surface area contributed by atoms with Gasteiger partial charge < -0.3 is 4.57 Å². The average Bonchev–Trinajstić information content (AvgIpc) is 2.70. The molecule has 90 valence electrons. The van der Waals surface area contributed by atoms with Crippen LogP contribution in [0.4, 0.5) is 0 Å². The molecule has 2 rings (SSSR count). The molecule has 2 aromatic rings. The summed E-state index contributed by atoms with van der Waals surface area (Å²) in [5, 5.41) is 7.60. The van der Waals surface area contributed by atoms with Gasteiger partial charge in [0.05, 0.1) is 6.54 Å². The number of aromatic nitrogens is 5. The second-order valence-corrected chi connectivity index (χ2v) is 3.79. The molecule has 8 heteroatoms. The highest BCUT2D eigenvalue weighted by atomic mass is 35.5. The molecule has 0 atom stereocenters. The molecule has 0 unspecified atom stereocenters. The van der Waals surface area contributed by atoms with Crippen molar-refractivity contribution in [1.82, 2.24) is 24.3 Å². The van der Waals surface area contributed by atoms with Crippen molar-refractivity contribution in [2.24, 2.45) is 0 Å². The van der Waals surface area contributed by atoms with Crippen LogP contribution in [0.1, 0.15) is 12.7 Å². The molecule has 0 aliphatic carbocycles. The Labute approximate surface area is 101 Å². The van der Waals surface area contributed by atoms with Gasteiger partial charge in [0.15, 0.2) is 5.82 Å². The van der Waals surface area contributed by atoms with Crippen molar-refractivity contribution in [3.05, 3.63) is 44.2 Å². The van der Waals surface area contributed by atoms with Gasteiger partial charge in [0, 0.05) is 12.6 Å². The normalized spacial score (nSPS) is 10.7. The Hall–Kier alpha value is -1.89. The van der Waals surface area contributed by atoms with Crippen molar-refractivity contribution in [2.75, 3.05) is 0 Å². The van der Waals surface area contributed by atoms with Crippen molar-refractivity contribution in [1.29, 1.82) is 0 Å². The molecule has 0 saturated heterocycles. The van der Waals surface area contributed by atoms with Crippen molar-refractivity contribution >= 4 is 11.6 Å². The van der Waals surface area contributed by atoms with Gasteiger partial charge in [-0.1, -0.05) is 11.6 Å². The van der Waals surface area contributed by atoms with Crippen molar-refractivity contribution in [3.8, 4) is 0 Å². The molecule has 0 bridgehead atoms. The van der Waals surface area contributed by atoms with Crippen LogP contribution in [0.2, 0.25) is 5.15 Å². The largest absolute Gasteiger partial charge is 0.329 e. The predicted octanol–water partition coefficient (Wildman–Crippen LogP) is -0.150. The second kappa shape index (κ2) is 4.54. The van der Waals surface area contributed by atoms with Gasteiger partial charge in [-0.2, -0.15) is 0 Å². The SMILES string of the molecule is CCn1cnnc1Cn1c(=O)cc(Cl)[nH]c1=O. The third kappa shape index (κ3) is 2.28. The number of hydrogen-bond acceptors (Lipinski definition) is 4. The fourth-order valence-corrected chi connectivity index (χ4v) is 1.62. The van der Waals surface area contributed by atoms with Gasteiger partial charge in [-0.25, -0.2) is 4.79 Å². The van der Waals surface area contributed by atoms with E-state index in [0.29, 0.717) is 12.4 Å². The lowest BCUT2D eigenvalue weighted by atomic mass is 10.5. The average molecular weight is 256 g/mol. The molecular weight excluding hydrogens is 246 g/mol. The van der Waals surface area contributed by atoms with Gasteiger partial charge in [-0.05, 0) is 6.92 Å². The molecule has 0 aromatic carbocycles. The highest BCUT2D eigenvalue weighted by Crippen LogP contribution is 1.97. The smallest absolute Gasteiger partial charge is 0.316 e. The Morgan fingerprint density at radius 1 is 1.47 bits per heavy atom. The molecule has 0 spiro atoms. The van der Waals surface area contributed by atoms with E-state index in [4.69, 9.17) is 11.6 Å². The topological polar surface area (TPSA) is 85.6 Å². The van der Waals surface area contributed by atoms with Gasteiger partial charge in [-0.3, -0.25) is 14.3 Å². The lowest BCUT2D eigenvalue weighted by molar-refractivity contribution is 0.615. The molecule has 0 fully saturated rings. The summed E-state index contributed by atoms with van der Waals surface area (Å²) in [6.07, 6.45) is 1.55. The Balaban J connectivity index is 2.44. The number of aryl methyl sites for hydroxylation is 1. The van der Waals surface area contributed by atoms with Crippen LogP contribution < -0.4 is 11.2 Å². The van der Waals surface area contributed by atoms with Crippen molar-refractivity contribution in [2.45, 2.75) is 20.0 Å². The zero-order chi connectivity index (χ0) is 12.4. The fraction of sp³-hybridized carbons (Fsp3) is 0.333. The van der Waals surface area contributed by atoms with Crippen LogP contribution in [-0.4, -0.2) is 24.3 Å². The van der Waals surface area contributed by atoms with Crippen molar-refractivity contribution < 1.29 is 0 Å². The van der Waals surface area contributed by atoms with E-state index in [0.717, 1.165) is 10.6 Å². The molecule has 17 heavy (non-hydrogen) atoms. The molecule has 7 nitrogen and oxygen atoms in total. The first-order chi connectivity index (χ1) is 8.11. The van der Waals surface area contributed by atoms with Gasteiger partial charge >= 0.3 is 5.69 Å². The summed E-state index contributed by atoms with van der Waals surface area (Å²) in [7, 11) is 0. The molecule has 0 aliphatic rings. The van der Waals surface area contributed by atoms with Crippen molar-refractivity contribution in [3.63, 3.8) is 0 Å². The molecule has 0 aliphatic heterocycles. The minimum Gasteiger partial charge on any atom is -0.316 e. The van der Waals surface area contributed by atoms with Gasteiger partial charge in [0.25, 0.3) is 5.56 Å². The highest BCUT2D eigenvalue weighted by Gasteiger charge is 2.08. The zero-order valence-electron chi connectivity index (χ0n) is 9.05. The Morgan fingerprint density at radius 2 is 2.24 bits per heavy atom. The van der Waals surface area contributed by atoms with Crippen LogP contribution in [0.15, 0.2) is 22.0 Å². The summed E-state index contributed by atoms with van der Waals surface area (Å²) < 4.78 is 2.77. The minimum absolute atomic E-state index is 0.0215.